The summed E-state index contributed by atoms with van der Waals surface area (Å²) in [6.07, 6.45) is 2.68. The highest BCUT2D eigenvalue weighted by Gasteiger charge is 2.52. The molecule has 0 radical (unpaired) electrons. The van der Waals surface area contributed by atoms with E-state index in [-0.39, 0.29) is 35.2 Å². The topological polar surface area (TPSA) is 112 Å². The number of nitrogens with zero attached hydrogens (tertiary/aromatic N) is 2. The normalized spacial score (nSPS) is 26.8. The maximum atomic E-state index is 15.0. The van der Waals surface area contributed by atoms with Crippen LogP contribution in [0.4, 0.5) is 8.78 Å². The van der Waals surface area contributed by atoms with E-state index >= 15 is 0 Å². The zero-order chi connectivity index (χ0) is 25.4. The van der Waals surface area contributed by atoms with Crippen LogP contribution in [0.1, 0.15) is 54.7 Å². The quantitative estimate of drug-likeness (QED) is 0.603. The van der Waals surface area contributed by atoms with E-state index < -0.39 is 37.5 Å². The number of nitrogens with two attached hydrogens (primary N) is 1. The average Bonchev–Trinajstić information content (AvgIpc) is 2.80. The second-order valence-electron chi connectivity index (χ2n) is 9.80. The Morgan fingerprint density at radius 3 is 2.51 bits per heavy atom. The van der Waals surface area contributed by atoms with Crippen LogP contribution in [0.3, 0.4) is 0 Å². The SMILES string of the molecule is C[C@]1(CC2CCOCC2)C(N)=N[C@](C)(c2cc(CC(=O)c3ccc(F)cn3)ccc2F)CS1(=O)=O. The lowest BCUT2D eigenvalue weighted by Crippen LogP contribution is -2.57. The first-order valence-electron chi connectivity index (χ1n) is 11.5. The number of aromatic nitrogens is 1. The number of pyridine rings is 1. The van der Waals surface area contributed by atoms with Gasteiger partial charge in [-0.1, -0.05) is 6.07 Å². The van der Waals surface area contributed by atoms with Crippen molar-refractivity contribution in [1.29, 1.82) is 0 Å². The Morgan fingerprint density at radius 2 is 1.89 bits per heavy atom. The summed E-state index contributed by atoms with van der Waals surface area (Å²) in [6.45, 7) is 4.30. The summed E-state index contributed by atoms with van der Waals surface area (Å²) < 4.78 is 59.3. The maximum Gasteiger partial charge on any atom is 0.185 e. The molecule has 0 unspecified atom stereocenters. The van der Waals surface area contributed by atoms with Crippen molar-refractivity contribution in [2.45, 2.75) is 49.8 Å². The number of ether oxygens (including phenoxy) is 1. The van der Waals surface area contributed by atoms with Gasteiger partial charge in [-0.05, 0) is 68.9 Å². The highest BCUT2D eigenvalue weighted by molar-refractivity contribution is 7.93. The number of carbonyl (C=O) groups is 1. The molecule has 1 fully saturated rings. The van der Waals surface area contributed by atoms with Gasteiger partial charge < -0.3 is 10.5 Å². The minimum Gasteiger partial charge on any atom is -0.386 e. The van der Waals surface area contributed by atoms with Crippen molar-refractivity contribution >= 4 is 21.5 Å². The Hall–Kier alpha value is -2.72. The first kappa shape index (κ1) is 25.4. The molecule has 1 aromatic heterocycles. The number of sulfone groups is 1. The van der Waals surface area contributed by atoms with Crippen LogP contribution in [0, 0.1) is 17.6 Å². The smallest absolute Gasteiger partial charge is 0.185 e. The van der Waals surface area contributed by atoms with Crippen molar-refractivity contribution in [1.82, 2.24) is 4.98 Å². The summed E-state index contributed by atoms with van der Waals surface area (Å²) in [5, 5.41) is 0. The van der Waals surface area contributed by atoms with Gasteiger partial charge in [0.1, 0.15) is 33.4 Å². The number of aliphatic imine (C=N–C) groups is 1. The Bertz CT molecular complexity index is 1260. The minimum atomic E-state index is -3.80. The molecular weight excluding hydrogens is 476 g/mol. The van der Waals surface area contributed by atoms with E-state index in [2.05, 4.69) is 9.98 Å². The molecule has 188 valence electrons. The number of Topliss-reactive ketones (excluding diaryl/α,β-unsaturated/α-hetero) is 1. The van der Waals surface area contributed by atoms with Gasteiger partial charge in [-0.15, -0.1) is 0 Å². The van der Waals surface area contributed by atoms with Gasteiger partial charge in [-0.2, -0.15) is 0 Å². The fourth-order valence-electron chi connectivity index (χ4n) is 4.89. The standard InChI is InChI=1S/C25H29F2N3O4S/c1-24(15-35(32,33)25(2,23(28)30-24)13-16-7-9-34-10-8-16)19-11-17(3-5-20(19)27)12-22(31)21-6-4-18(26)14-29-21/h3-6,11,14,16H,7-10,12-13,15H2,1-2H3,(H2,28,30)/t24-,25-/m0/s1. The first-order valence-corrected chi connectivity index (χ1v) is 13.2. The molecule has 4 rings (SSSR count). The van der Waals surface area contributed by atoms with Gasteiger partial charge in [-0.25, -0.2) is 17.2 Å². The highest BCUT2D eigenvalue weighted by Crippen LogP contribution is 2.41. The molecule has 0 spiro atoms. The lowest BCUT2D eigenvalue weighted by molar-refractivity contribution is 0.0625. The molecule has 0 bridgehead atoms. The van der Waals surface area contributed by atoms with Gasteiger partial charge in [-0.3, -0.25) is 14.8 Å². The van der Waals surface area contributed by atoms with E-state index in [0.717, 1.165) is 25.1 Å². The molecule has 2 aromatic rings. The summed E-state index contributed by atoms with van der Waals surface area (Å²) in [5.74, 6) is -1.87. The van der Waals surface area contributed by atoms with Crippen LogP contribution >= 0.6 is 0 Å². The Morgan fingerprint density at radius 1 is 1.17 bits per heavy atom. The highest BCUT2D eigenvalue weighted by atomic mass is 32.2. The van der Waals surface area contributed by atoms with Crippen molar-refractivity contribution in [3.8, 4) is 0 Å². The number of hydrogen-bond acceptors (Lipinski definition) is 7. The second-order valence-corrected chi connectivity index (χ2v) is 12.2. The largest absolute Gasteiger partial charge is 0.386 e. The van der Waals surface area contributed by atoms with Gasteiger partial charge >= 0.3 is 0 Å². The Labute approximate surface area is 203 Å². The number of hydrogen-bond donors (Lipinski definition) is 1. The molecule has 1 aromatic carbocycles. The van der Waals surface area contributed by atoms with Crippen molar-refractivity contribution in [2.75, 3.05) is 19.0 Å². The summed E-state index contributed by atoms with van der Waals surface area (Å²) in [4.78, 5) is 20.9. The average molecular weight is 506 g/mol. The molecule has 2 aliphatic rings. The van der Waals surface area contributed by atoms with Crippen LogP contribution in [0.2, 0.25) is 0 Å². The monoisotopic (exact) mass is 505 g/mol. The maximum absolute atomic E-state index is 15.0. The number of ketones is 1. The van der Waals surface area contributed by atoms with Crippen LogP contribution < -0.4 is 5.73 Å². The van der Waals surface area contributed by atoms with Crippen LogP contribution in [0.5, 0.6) is 0 Å². The van der Waals surface area contributed by atoms with E-state index in [0.29, 0.717) is 25.2 Å². The molecule has 0 saturated carbocycles. The van der Waals surface area contributed by atoms with Gasteiger partial charge in [0.05, 0.1) is 11.9 Å². The number of halogens is 2. The van der Waals surface area contributed by atoms with Gasteiger partial charge in [0, 0.05) is 25.2 Å². The molecule has 0 amide bonds. The number of carbonyl (C=O) groups excluding carboxylic acids is 1. The summed E-state index contributed by atoms with van der Waals surface area (Å²) in [5.41, 5.74) is 5.44. The molecule has 2 atom stereocenters. The van der Waals surface area contributed by atoms with E-state index in [1.165, 1.54) is 31.2 Å². The lowest BCUT2D eigenvalue weighted by atomic mass is 9.87. The predicted octanol–water partition coefficient (Wildman–Crippen LogP) is 3.36. The summed E-state index contributed by atoms with van der Waals surface area (Å²) in [7, 11) is -3.80. The molecule has 1 saturated heterocycles. The molecular formula is C25H29F2N3O4S. The fraction of sp³-hybridized carbons (Fsp3) is 0.480. The van der Waals surface area contributed by atoms with Gasteiger partial charge in [0.15, 0.2) is 15.6 Å². The Kier molecular flexibility index (Phi) is 6.80. The lowest BCUT2D eigenvalue weighted by Gasteiger charge is -2.41. The van der Waals surface area contributed by atoms with Gasteiger partial charge in [0.25, 0.3) is 0 Å². The molecule has 7 nitrogen and oxygen atoms in total. The summed E-state index contributed by atoms with van der Waals surface area (Å²) >= 11 is 0. The van der Waals surface area contributed by atoms with Crippen molar-refractivity contribution in [3.05, 3.63) is 65.0 Å². The van der Waals surface area contributed by atoms with Crippen LogP contribution in [-0.2, 0) is 26.5 Å². The molecule has 10 heteroatoms. The van der Waals surface area contributed by atoms with Crippen LogP contribution in [0.25, 0.3) is 0 Å². The molecule has 0 aliphatic carbocycles. The molecule has 35 heavy (non-hydrogen) atoms. The van der Waals surface area contributed by atoms with E-state index in [4.69, 9.17) is 10.5 Å². The van der Waals surface area contributed by atoms with Gasteiger partial charge in [0.2, 0.25) is 0 Å². The molecule has 2 N–H and O–H groups in total. The van der Waals surface area contributed by atoms with E-state index in [9.17, 15) is 22.0 Å². The van der Waals surface area contributed by atoms with E-state index in [1.54, 1.807) is 6.92 Å². The van der Waals surface area contributed by atoms with Crippen LogP contribution in [-0.4, -0.2) is 48.7 Å². The zero-order valence-electron chi connectivity index (χ0n) is 19.8. The number of rotatable bonds is 6. The van der Waals surface area contributed by atoms with Crippen molar-refractivity contribution in [3.63, 3.8) is 0 Å². The van der Waals surface area contributed by atoms with E-state index in [1.807, 2.05) is 0 Å². The second kappa shape index (κ2) is 9.39. The fourth-order valence-corrected chi connectivity index (χ4v) is 7.02. The first-order chi connectivity index (χ1) is 16.4. The zero-order valence-corrected chi connectivity index (χ0v) is 20.6. The third kappa shape index (κ3) is 4.99. The number of benzene rings is 1. The van der Waals surface area contributed by atoms with Crippen molar-refractivity contribution in [2.24, 2.45) is 16.6 Å². The third-order valence-electron chi connectivity index (χ3n) is 7.07. The summed E-state index contributed by atoms with van der Waals surface area (Å²) in [6, 6.07) is 6.50. The molecule has 3 heterocycles. The Balaban J connectivity index is 1.64. The predicted molar refractivity (Wildman–Crippen MR) is 128 cm³/mol. The molecule has 2 aliphatic heterocycles. The van der Waals surface area contributed by atoms with Crippen molar-refractivity contribution < 1.29 is 26.7 Å². The van der Waals surface area contributed by atoms with Crippen LogP contribution in [0.15, 0.2) is 41.5 Å². The minimum absolute atomic E-state index is 0.0332. The third-order valence-corrected chi connectivity index (χ3v) is 9.77. The number of amidine groups is 1.